The molecule has 0 unspecified atom stereocenters. The number of carbonyl (C=O) groups excluding carboxylic acids is 1. The highest BCUT2D eigenvalue weighted by Gasteiger charge is 2.16. The zero-order valence-electron chi connectivity index (χ0n) is 11.7. The smallest absolute Gasteiger partial charge is 0.169 e. The summed E-state index contributed by atoms with van der Waals surface area (Å²) in [7, 11) is 0. The highest BCUT2D eigenvalue weighted by Crippen LogP contribution is 2.14. The normalized spacial score (nSPS) is 11.3. The van der Waals surface area contributed by atoms with Gasteiger partial charge in [0, 0.05) is 19.0 Å². The van der Waals surface area contributed by atoms with Gasteiger partial charge in [0.1, 0.15) is 0 Å². The summed E-state index contributed by atoms with van der Waals surface area (Å²) in [6.45, 7) is 7.66. The van der Waals surface area contributed by atoms with Gasteiger partial charge in [-0.2, -0.15) is 0 Å². The van der Waals surface area contributed by atoms with Crippen molar-refractivity contribution in [1.29, 1.82) is 0 Å². The summed E-state index contributed by atoms with van der Waals surface area (Å²) in [6, 6.07) is 4.05. The summed E-state index contributed by atoms with van der Waals surface area (Å²) in [4.78, 5) is 14.1. The van der Waals surface area contributed by atoms with E-state index in [4.69, 9.17) is 0 Å². The van der Waals surface area contributed by atoms with Crippen LogP contribution in [-0.4, -0.2) is 29.8 Å². The number of rotatable bonds is 7. The van der Waals surface area contributed by atoms with Crippen molar-refractivity contribution in [2.24, 2.45) is 0 Å². The van der Waals surface area contributed by atoms with Crippen LogP contribution >= 0.6 is 0 Å². The molecule has 1 aromatic carbocycles. The Kier molecular flexibility index (Phi) is 6.09. The Balaban J connectivity index is 2.67. The van der Waals surface area contributed by atoms with Crippen LogP contribution in [0.15, 0.2) is 18.2 Å². The van der Waals surface area contributed by atoms with E-state index in [2.05, 4.69) is 25.7 Å². The zero-order chi connectivity index (χ0) is 14.4. The van der Waals surface area contributed by atoms with Crippen molar-refractivity contribution in [2.45, 2.75) is 39.7 Å². The first kappa shape index (κ1) is 15.8. The van der Waals surface area contributed by atoms with Crippen LogP contribution in [0.4, 0.5) is 8.78 Å². The van der Waals surface area contributed by atoms with Crippen molar-refractivity contribution in [3.8, 4) is 0 Å². The number of nitrogens with zero attached hydrogens (tertiary/aromatic N) is 1. The Bertz CT molecular complexity index is 432. The molecule has 0 aromatic heterocycles. The summed E-state index contributed by atoms with van der Waals surface area (Å²) in [5.74, 6) is -2.36. The fourth-order valence-electron chi connectivity index (χ4n) is 2.01. The van der Waals surface area contributed by atoms with E-state index in [1.54, 1.807) is 0 Å². The van der Waals surface area contributed by atoms with Crippen LogP contribution in [0.3, 0.4) is 0 Å². The minimum atomic E-state index is -1.04. The monoisotopic (exact) mass is 269 g/mol. The molecule has 0 amide bonds. The first-order valence-electron chi connectivity index (χ1n) is 6.68. The predicted molar refractivity (Wildman–Crippen MR) is 72.3 cm³/mol. The molecule has 0 saturated carbocycles. The van der Waals surface area contributed by atoms with E-state index < -0.39 is 11.6 Å². The fourth-order valence-corrected chi connectivity index (χ4v) is 2.01. The summed E-state index contributed by atoms with van der Waals surface area (Å²) < 4.78 is 26.5. The molecular formula is C15H21F2NO. The summed E-state index contributed by atoms with van der Waals surface area (Å²) in [5, 5.41) is 0. The fraction of sp³-hybridized carbons (Fsp3) is 0.533. The number of benzene rings is 1. The van der Waals surface area contributed by atoms with Crippen molar-refractivity contribution in [1.82, 2.24) is 4.90 Å². The van der Waals surface area contributed by atoms with Crippen LogP contribution in [0.1, 0.15) is 44.0 Å². The molecule has 0 atom stereocenters. The molecule has 0 aliphatic carbocycles. The molecule has 1 aromatic rings. The summed E-state index contributed by atoms with van der Waals surface area (Å²) in [6.07, 6.45) is 1.21. The Morgan fingerprint density at radius 2 is 1.95 bits per heavy atom. The van der Waals surface area contributed by atoms with Crippen molar-refractivity contribution >= 4 is 5.78 Å². The topological polar surface area (TPSA) is 20.3 Å². The van der Waals surface area contributed by atoms with Gasteiger partial charge in [0.15, 0.2) is 17.4 Å². The average molecular weight is 269 g/mol. The standard InChI is InChI=1S/C15H21F2NO/c1-4-9-18(11(2)3)10-8-14(19)12-6-5-7-13(16)15(12)17/h5-7,11H,4,8-10H2,1-3H3. The number of carbonyl (C=O) groups is 1. The Labute approximate surface area is 113 Å². The van der Waals surface area contributed by atoms with Gasteiger partial charge in [0.25, 0.3) is 0 Å². The van der Waals surface area contributed by atoms with E-state index >= 15 is 0 Å². The predicted octanol–water partition coefficient (Wildman–Crippen LogP) is 3.66. The quantitative estimate of drug-likeness (QED) is 0.704. The van der Waals surface area contributed by atoms with Crippen LogP contribution in [0.2, 0.25) is 0 Å². The molecular weight excluding hydrogens is 248 g/mol. The molecule has 4 heteroatoms. The van der Waals surface area contributed by atoms with Gasteiger partial charge in [-0.05, 0) is 38.9 Å². The molecule has 0 aliphatic rings. The summed E-state index contributed by atoms with van der Waals surface area (Å²) >= 11 is 0. The maximum Gasteiger partial charge on any atom is 0.169 e. The third-order valence-electron chi connectivity index (χ3n) is 3.12. The second-order valence-corrected chi connectivity index (χ2v) is 4.90. The van der Waals surface area contributed by atoms with Gasteiger partial charge in [-0.25, -0.2) is 8.78 Å². The van der Waals surface area contributed by atoms with Crippen LogP contribution < -0.4 is 0 Å². The van der Waals surface area contributed by atoms with Gasteiger partial charge in [0.2, 0.25) is 0 Å². The molecule has 2 nitrogen and oxygen atoms in total. The van der Waals surface area contributed by atoms with Gasteiger partial charge in [-0.15, -0.1) is 0 Å². The lowest BCUT2D eigenvalue weighted by Gasteiger charge is -2.25. The second-order valence-electron chi connectivity index (χ2n) is 4.90. The van der Waals surface area contributed by atoms with E-state index in [0.29, 0.717) is 12.6 Å². The number of ketones is 1. The maximum absolute atomic E-state index is 13.5. The number of Topliss-reactive ketones (excluding diaryl/α,β-unsaturated/α-hetero) is 1. The molecule has 0 saturated heterocycles. The molecule has 19 heavy (non-hydrogen) atoms. The van der Waals surface area contributed by atoms with Gasteiger partial charge in [-0.3, -0.25) is 4.79 Å². The molecule has 0 N–H and O–H groups in total. The van der Waals surface area contributed by atoms with Gasteiger partial charge >= 0.3 is 0 Å². The Morgan fingerprint density at radius 3 is 2.53 bits per heavy atom. The average Bonchev–Trinajstić information content (AvgIpc) is 2.37. The van der Waals surface area contributed by atoms with Crippen LogP contribution in [0.25, 0.3) is 0 Å². The van der Waals surface area contributed by atoms with Crippen LogP contribution in [0, 0.1) is 11.6 Å². The van der Waals surface area contributed by atoms with Crippen molar-refractivity contribution in [3.63, 3.8) is 0 Å². The van der Waals surface area contributed by atoms with Gasteiger partial charge < -0.3 is 4.90 Å². The Morgan fingerprint density at radius 1 is 1.26 bits per heavy atom. The van der Waals surface area contributed by atoms with Crippen molar-refractivity contribution in [2.75, 3.05) is 13.1 Å². The minimum Gasteiger partial charge on any atom is -0.300 e. The molecule has 0 radical (unpaired) electrons. The minimum absolute atomic E-state index is 0.153. The lowest BCUT2D eigenvalue weighted by molar-refractivity contribution is 0.0951. The number of hydrogen-bond acceptors (Lipinski definition) is 2. The Hall–Kier alpha value is -1.29. The van der Waals surface area contributed by atoms with E-state index in [9.17, 15) is 13.6 Å². The molecule has 106 valence electrons. The summed E-state index contributed by atoms with van der Waals surface area (Å²) in [5.41, 5.74) is -0.153. The molecule has 1 rings (SSSR count). The first-order chi connectivity index (χ1) is 8.97. The zero-order valence-corrected chi connectivity index (χ0v) is 11.7. The van der Waals surface area contributed by atoms with E-state index in [-0.39, 0.29) is 17.8 Å². The van der Waals surface area contributed by atoms with Crippen molar-refractivity contribution < 1.29 is 13.6 Å². The lowest BCUT2D eigenvalue weighted by Crippen LogP contribution is -2.33. The largest absolute Gasteiger partial charge is 0.300 e. The lowest BCUT2D eigenvalue weighted by atomic mass is 10.1. The second kappa shape index (κ2) is 7.34. The maximum atomic E-state index is 13.5. The highest BCUT2D eigenvalue weighted by molar-refractivity contribution is 5.96. The van der Waals surface area contributed by atoms with Crippen molar-refractivity contribution in [3.05, 3.63) is 35.4 Å². The molecule has 0 fully saturated rings. The number of hydrogen-bond donors (Lipinski definition) is 0. The first-order valence-corrected chi connectivity index (χ1v) is 6.68. The molecule has 0 spiro atoms. The van der Waals surface area contributed by atoms with E-state index in [1.165, 1.54) is 12.1 Å². The molecule has 0 heterocycles. The molecule has 0 aliphatic heterocycles. The number of halogens is 2. The van der Waals surface area contributed by atoms with Gasteiger partial charge in [-0.1, -0.05) is 13.0 Å². The third kappa shape index (κ3) is 4.39. The van der Waals surface area contributed by atoms with E-state index in [1.807, 2.05) is 0 Å². The van der Waals surface area contributed by atoms with Gasteiger partial charge in [0.05, 0.1) is 5.56 Å². The third-order valence-corrected chi connectivity index (χ3v) is 3.12. The highest BCUT2D eigenvalue weighted by atomic mass is 19.2. The van der Waals surface area contributed by atoms with Crippen LogP contribution in [-0.2, 0) is 0 Å². The van der Waals surface area contributed by atoms with E-state index in [0.717, 1.165) is 19.0 Å². The molecule has 0 bridgehead atoms. The SMILES string of the molecule is CCCN(CCC(=O)c1cccc(F)c1F)C(C)C. The van der Waals surface area contributed by atoms with Crippen LogP contribution in [0.5, 0.6) is 0 Å².